The van der Waals surface area contributed by atoms with E-state index >= 15 is 0 Å². The molecule has 1 aromatic heterocycles. The minimum Gasteiger partial charge on any atom is -0.368 e. The fourth-order valence-electron chi connectivity index (χ4n) is 2.16. The highest BCUT2D eigenvalue weighted by atomic mass is 32.2. The van der Waals surface area contributed by atoms with Crippen LogP contribution in [0.15, 0.2) is 18.3 Å². The van der Waals surface area contributed by atoms with E-state index in [4.69, 9.17) is 0 Å². The Morgan fingerprint density at radius 1 is 1.39 bits per heavy atom. The number of pyridine rings is 1. The van der Waals surface area contributed by atoms with Crippen LogP contribution in [-0.2, 0) is 4.79 Å². The molecule has 1 aliphatic heterocycles. The zero-order valence-corrected chi connectivity index (χ0v) is 11.7. The SMILES string of the molecule is CSCC(=O)N1CCN(c2ccnc(C)c2)CC1. The lowest BCUT2D eigenvalue weighted by Crippen LogP contribution is -2.49. The summed E-state index contributed by atoms with van der Waals surface area (Å²) in [7, 11) is 0. The van der Waals surface area contributed by atoms with E-state index in [0.29, 0.717) is 5.75 Å². The van der Waals surface area contributed by atoms with Crippen LogP contribution >= 0.6 is 11.8 Å². The Morgan fingerprint density at radius 2 is 2.11 bits per heavy atom. The molecule has 0 saturated carbocycles. The van der Waals surface area contributed by atoms with Gasteiger partial charge in [-0.15, -0.1) is 0 Å². The van der Waals surface area contributed by atoms with E-state index in [1.807, 2.05) is 30.3 Å². The lowest BCUT2D eigenvalue weighted by Gasteiger charge is -2.36. The van der Waals surface area contributed by atoms with Gasteiger partial charge in [0.05, 0.1) is 5.75 Å². The first-order chi connectivity index (χ1) is 8.70. The molecule has 2 heterocycles. The lowest BCUT2D eigenvalue weighted by molar-refractivity contribution is -0.128. The molecule has 1 saturated heterocycles. The van der Waals surface area contributed by atoms with E-state index in [-0.39, 0.29) is 5.91 Å². The van der Waals surface area contributed by atoms with Gasteiger partial charge in [0, 0.05) is 43.8 Å². The van der Waals surface area contributed by atoms with Crippen LogP contribution in [0.3, 0.4) is 0 Å². The molecule has 0 spiro atoms. The van der Waals surface area contributed by atoms with E-state index in [1.165, 1.54) is 5.69 Å². The van der Waals surface area contributed by atoms with Gasteiger partial charge in [0.2, 0.25) is 5.91 Å². The summed E-state index contributed by atoms with van der Waals surface area (Å²) in [5.74, 6) is 0.849. The minimum absolute atomic E-state index is 0.257. The number of carbonyl (C=O) groups is 1. The fraction of sp³-hybridized carbons (Fsp3) is 0.538. The molecular weight excluding hydrogens is 246 g/mol. The predicted molar refractivity (Wildman–Crippen MR) is 76.1 cm³/mol. The van der Waals surface area contributed by atoms with Crippen LogP contribution in [0.25, 0.3) is 0 Å². The second kappa shape index (κ2) is 6.09. The Kier molecular flexibility index (Phi) is 4.47. The molecule has 0 unspecified atom stereocenters. The molecule has 1 aromatic rings. The highest BCUT2D eigenvalue weighted by molar-refractivity contribution is 7.99. The third-order valence-electron chi connectivity index (χ3n) is 3.15. The molecule has 0 N–H and O–H groups in total. The van der Waals surface area contributed by atoms with E-state index < -0.39 is 0 Å². The number of carbonyl (C=O) groups excluding carboxylic acids is 1. The molecule has 0 radical (unpaired) electrons. The predicted octanol–water partition coefficient (Wildman–Crippen LogP) is 1.40. The van der Waals surface area contributed by atoms with Crippen molar-refractivity contribution in [3.05, 3.63) is 24.0 Å². The summed E-state index contributed by atoms with van der Waals surface area (Å²) in [4.78, 5) is 20.3. The molecule has 0 atom stereocenters. The number of anilines is 1. The summed E-state index contributed by atoms with van der Waals surface area (Å²) in [6.07, 6.45) is 3.81. The maximum Gasteiger partial charge on any atom is 0.232 e. The molecule has 98 valence electrons. The van der Waals surface area contributed by atoms with Gasteiger partial charge in [-0.2, -0.15) is 11.8 Å². The first-order valence-corrected chi connectivity index (χ1v) is 7.54. The summed E-state index contributed by atoms with van der Waals surface area (Å²) in [5.41, 5.74) is 2.24. The first-order valence-electron chi connectivity index (χ1n) is 6.15. The Balaban J connectivity index is 1.92. The van der Waals surface area contributed by atoms with Gasteiger partial charge in [-0.3, -0.25) is 9.78 Å². The molecular formula is C13H19N3OS. The van der Waals surface area contributed by atoms with Crippen molar-refractivity contribution in [3.8, 4) is 0 Å². The molecule has 0 aliphatic carbocycles. The topological polar surface area (TPSA) is 36.4 Å². The lowest BCUT2D eigenvalue weighted by atomic mass is 10.2. The van der Waals surface area contributed by atoms with Gasteiger partial charge >= 0.3 is 0 Å². The maximum absolute atomic E-state index is 11.8. The Bertz CT molecular complexity index is 416. The number of nitrogens with zero attached hydrogens (tertiary/aromatic N) is 3. The molecule has 1 aliphatic rings. The van der Waals surface area contributed by atoms with Crippen LogP contribution in [0.5, 0.6) is 0 Å². The smallest absolute Gasteiger partial charge is 0.232 e. The number of piperazine rings is 1. The molecule has 1 fully saturated rings. The van der Waals surface area contributed by atoms with Gasteiger partial charge in [0.25, 0.3) is 0 Å². The van der Waals surface area contributed by atoms with E-state index in [1.54, 1.807) is 11.8 Å². The monoisotopic (exact) mass is 265 g/mol. The molecule has 0 aromatic carbocycles. The summed E-state index contributed by atoms with van der Waals surface area (Å²) in [6.45, 7) is 5.45. The van der Waals surface area contributed by atoms with Gasteiger partial charge in [0.15, 0.2) is 0 Å². The fourth-order valence-corrected chi connectivity index (χ4v) is 2.59. The number of amides is 1. The van der Waals surface area contributed by atoms with Crippen molar-refractivity contribution in [2.75, 3.05) is 43.1 Å². The van der Waals surface area contributed by atoms with Gasteiger partial charge in [-0.25, -0.2) is 0 Å². The molecule has 18 heavy (non-hydrogen) atoms. The van der Waals surface area contributed by atoms with Crippen molar-refractivity contribution >= 4 is 23.4 Å². The van der Waals surface area contributed by atoms with Crippen LogP contribution in [-0.4, -0.2) is 54.0 Å². The van der Waals surface area contributed by atoms with Gasteiger partial charge in [0.1, 0.15) is 0 Å². The molecule has 2 rings (SSSR count). The molecule has 4 nitrogen and oxygen atoms in total. The largest absolute Gasteiger partial charge is 0.368 e. The van der Waals surface area contributed by atoms with Crippen molar-refractivity contribution in [1.29, 1.82) is 0 Å². The second-order valence-corrected chi connectivity index (χ2v) is 5.32. The number of hydrogen-bond donors (Lipinski definition) is 0. The zero-order chi connectivity index (χ0) is 13.0. The number of thioether (sulfide) groups is 1. The average Bonchev–Trinajstić information content (AvgIpc) is 2.39. The van der Waals surface area contributed by atoms with E-state index in [0.717, 1.165) is 31.9 Å². The zero-order valence-electron chi connectivity index (χ0n) is 10.9. The van der Waals surface area contributed by atoms with Crippen molar-refractivity contribution in [1.82, 2.24) is 9.88 Å². The Morgan fingerprint density at radius 3 is 2.72 bits per heavy atom. The van der Waals surface area contributed by atoms with Crippen LogP contribution in [0, 0.1) is 6.92 Å². The van der Waals surface area contributed by atoms with Crippen LogP contribution in [0.4, 0.5) is 5.69 Å². The first kappa shape index (κ1) is 13.2. The number of rotatable bonds is 3. The Hall–Kier alpha value is -1.23. The third-order valence-corrected chi connectivity index (χ3v) is 3.68. The Labute approximate surface area is 112 Å². The van der Waals surface area contributed by atoms with Crippen LogP contribution < -0.4 is 4.90 Å². The second-order valence-electron chi connectivity index (χ2n) is 4.46. The number of hydrogen-bond acceptors (Lipinski definition) is 4. The van der Waals surface area contributed by atoms with Crippen molar-refractivity contribution in [2.45, 2.75) is 6.92 Å². The maximum atomic E-state index is 11.8. The highest BCUT2D eigenvalue weighted by Crippen LogP contribution is 2.16. The number of aromatic nitrogens is 1. The average molecular weight is 265 g/mol. The van der Waals surface area contributed by atoms with E-state index in [9.17, 15) is 4.79 Å². The van der Waals surface area contributed by atoms with E-state index in [2.05, 4.69) is 16.0 Å². The summed E-state index contributed by atoms with van der Waals surface area (Å²) < 4.78 is 0. The van der Waals surface area contributed by atoms with Crippen molar-refractivity contribution in [2.24, 2.45) is 0 Å². The number of aryl methyl sites for hydroxylation is 1. The summed E-state index contributed by atoms with van der Waals surface area (Å²) >= 11 is 1.59. The van der Waals surface area contributed by atoms with Crippen LogP contribution in [0.2, 0.25) is 0 Å². The van der Waals surface area contributed by atoms with Gasteiger partial charge in [-0.05, 0) is 25.3 Å². The quantitative estimate of drug-likeness (QED) is 0.828. The van der Waals surface area contributed by atoms with Crippen molar-refractivity contribution < 1.29 is 4.79 Å². The summed E-state index contributed by atoms with van der Waals surface area (Å²) in [6, 6.07) is 4.13. The van der Waals surface area contributed by atoms with Crippen molar-refractivity contribution in [3.63, 3.8) is 0 Å². The third kappa shape index (κ3) is 3.16. The highest BCUT2D eigenvalue weighted by Gasteiger charge is 2.20. The molecule has 5 heteroatoms. The van der Waals surface area contributed by atoms with Gasteiger partial charge in [-0.1, -0.05) is 0 Å². The molecule has 0 bridgehead atoms. The normalized spacial score (nSPS) is 15.9. The standard InChI is InChI=1S/C13H19N3OS/c1-11-9-12(3-4-14-11)15-5-7-16(8-6-15)13(17)10-18-2/h3-4,9H,5-8,10H2,1-2H3. The molecule has 1 amide bonds. The van der Waals surface area contributed by atoms with Crippen LogP contribution in [0.1, 0.15) is 5.69 Å². The minimum atomic E-state index is 0.257. The summed E-state index contributed by atoms with van der Waals surface area (Å²) in [5, 5.41) is 0. The van der Waals surface area contributed by atoms with Gasteiger partial charge < -0.3 is 9.80 Å².